The van der Waals surface area contributed by atoms with Crippen molar-refractivity contribution in [1.82, 2.24) is 14.8 Å². The zero-order valence-corrected chi connectivity index (χ0v) is 16.7. The van der Waals surface area contributed by atoms with Gasteiger partial charge in [0, 0.05) is 15.5 Å². The highest BCUT2D eigenvalue weighted by molar-refractivity contribution is 7.98. The molecule has 0 saturated heterocycles. The predicted octanol–water partition coefficient (Wildman–Crippen LogP) is 2.30. The minimum atomic E-state index is -0.0862. The molecule has 1 heterocycles. The van der Waals surface area contributed by atoms with E-state index in [0.717, 1.165) is 17.1 Å². The summed E-state index contributed by atoms with van der Waals surface area (Å²) in [5.74, 6) is -0.0862. The molecule has 8 heteroatoms. The number of hydrogen-bond donors (Lipinski definition) is 2. The van der Waals surface area contributed by atoms with E-state index in [-0.39, 0.29) is 5.91 Å². The molecule has 2 aromatic carbocycles. The van der Waals surface area contributed by atoms with Crippen LogP contribution in [-0.4, -0.2) is 40.5 Å². The SMILES string of the molecule is CSc1ccc(C[NH+](C)CC(=O)Nc2cc(Cl)ccc2-n2cncn2)cc1. The average Bonchev–Trinajstić information content (AvgIpc) is 3.16. The third-order valence-corrected chi connectivity index (χ3v) is 5.00. The van der Waals surface area contributed by atoms with Crippen molar-refractivity contribution in [2.75, 3.05) is 25.2 Å². The largest absolute Gasteiger partial charge is 0.326 e. The smallest absolute Gasteiger partial charge is 0.279 e. The molecule has 140 valence electrons. The van der Waals surface area contributed by atoms with Gasteiger partial charge in [-0.2, -0.15) is 5.10 Å². The summed E-state index contributed by atoms with van der Waals surface area (Å²) < 4.78 is 1.59. The van der Waals surface area contributed by atoms with E-state index in [1.807, 2.05) is 7.05 Å². The number of anilines is 1. The quantitative estimate of drug-likeness (QED) is 0.595. The Balaban J connectivity index is 1.64. The molecule has 1 aromatic heterocycles. The molecule has 3 aromatic rings. The van der Waals surface area contributed by atoms with Crippen molar-refractivity contribution in [1.29, 1.82) is 0 Å². The Labute approximate surface area is 167 Å². The number of amides is 1. The number of halogens is 1. The molecule has 0 saturated carbocycles. The average molecular weight is 403 g/mol. The number of thioether (sulfide) groups is 1. The highest BCUT2D eigenvalue weighted by Gasteiger charge is 2.14. The molecule has 3 rings (SSSR count). The van der Waals surface area contributed by atoms with Gasteiger partial charge >= 0.3 is 0 Å². The van der Waals surface area contributed by atoms with E-state index in [2.05, 4.69) is 45.9 Å². The highest BCUT2D eigenvalue weighted by Crippen LogP contribution is 2.23. The molecule has 2 N–H and O–H groups in total. The molecule has 0 spiro atoms. The van der Waals surface area contributed by atoms with Crippen LogP contribution in [0.2, 0.25) is 5.02 Å². The van der Waals surface area contributed by atoms with Crippen molar-refractivity contribution in [2.45, 2.75) is 11.4 Å². The lowest BCUT2D eigenvalue weighted by Gasteiger charge is -2.15. The van der Waals surface area contributed by atoms with Crippen LogP contribution >= 0.6 is 23.4 Å². The second-order valence-electron chi connectivity index (χ2n) is 6.21. The minimum Gasteiger partial charge on any atom is -0.326 e. The van der Waals surface area contributed by atoms with Gasteiger partial charge in [0.25, 0.3) is 5.91 Å². The molecule has 0 radical (unpaired) electrons. The van der Waals surface area contributed by atoms with Crippen molar-refractivity contribution in [3.05, 3.63) is 65.7 Å². The van der Waals surface area contributed by atoms with Gasteiger partial charge in [-0.25, -0.2) is 9.67 Å². The fourth-order valence-electron chi connectivity index (χ4n) is 2.76. The lowest BCUT2D eigenvalue weighted by atomic mass is 10.2. The molecule has 0 bridgehead atoms. The second kappa shape index (κ2) is 9.03. The number of likely N-dealkylation sites (N-methyl/N-ethyl adjacent to an activating group) is 1. The monoisotopic (exact) mass is 402 g/mol. The molecule has 6 nitrogen and oxygen atoms in total. The Hall–Kier alpha value is -2.35. The molecule has 0 aliphatic heterocycles. The summed E-state index contributed by atoms with van der Waals surface area (Å²) in [6.07, 6.45) is 5.08. The number of nitrogens with one attached hydrogen (secondary N) is 2. The third kappa shape index (κ3) is 5.32. The Morgan fingerprint density at radius 2 is 2.04 bits per heavy atom. The number of carbonyl (C=O) groups excluding carboxylic acids is 1. The van der Waals surface area contributed by atoms with Crippen molar-refractivity contribution < 1.29 is 9.69 Å². The van der Waals surface area contributed by atoms with E-state index >= 15 is 0 Å². The zero-order valence-electron chi connectivity index (χ0n) is 15.1. The summed E-state index contributed by atoms with van der Waals surface area (Å²) in [6.45, 7) is 1.11. The van der Waals surface area contributed by atoms with Gasteiger partial charge in [-0.3, -0.25) is 4.79 Å². The Morgan fingerprint density at radius 3 is 2.70 bits per heavy atom. The van der Waals surface area contributed by atoms with Crippen LogP contribution in [0.4, 0.5) is 5.69 Å². The second-order valence-corrected chi connectivity index (χ2v) is 7.52. The van der Waals surface area contributed by atoms with Gasteiger partial charge in [0.1, 0.15) is 19.2 Å². The number of rotatable bonds is 7. The first-order valence-corrected chi connectivity index (χ1v) is 10.0. The van der Waals surface area contributed by atoms with Crippen LogP contribution in [0, 0.1) is 0 Å². The van der Waals surface area contributed by atoms with Crippen molar-refractivity contribution in [2.24, 2.45) is 0 Å². The van der Waals surface area contributed by atoms with E-state index in [4.69, 9.17) is 11.6 Å². The molecule has 0 aliphatic carbocycles. The zero-order chi connectivity index (χ0) is 19.2. The van der Waals surface area contributed by atoms with Crippen LogP contribution in [0.25, 0.3) is 5.69 Å². The maximum Gasteiger partial charge on any atom is 0.279 e. The minimum absolute atomic E-state index is 0.0862. The molecule has 1 atom stereocenters. The van der Waals surface area contributed by atoms with Gasteiger partial charge in [0.2, 0.25) is 0 Å². The predicted molar refractivity (Wildman–Crippen MR) is 109 cm³/mol. The van der Waals surface area contributed by atoms with Crippen LogP contribution in [0.5, 0.6) is 0 Å². The maximum atomic E-state index is 12.5. The molecule has 1 unspecified atom stereocenters. The first kappa shape index (κ1) is 19.4. The Morgan fingerprint density at radius 1 is 1.26 bits per heavy atom. The number of carbonyl (C=O) groups is 1. The van der Waals surface area contributed by atoms with Crippen LogP contribution < -0.4 is 10.2 Å². The van der Waals surface area contributed by atoms with E-state index in [9.17, 15) is 4.79 Å². The van der Waals surface area contributed by atoms with E-state index in [1.54, 1.807) is 41.0 Å². The molecule has 1 amide bonds. The number of nitrogens with zero attached hydrogens (tertiary/aromatic N) is 3. The normalized spacial score (nSPS) is 12.0. The fraction of sp³-hybridized carbons (Fsp3) is 0.211. The van der Waals surface area contributed by atoms with E-state index < -0.39 is 0 Å². The molecule has 0 fully saturated rings. The summed E-state index contributed by atoms with van der Waals surface area (Å²) in [6, 6.07) is 13.7. The summed E-state index contributed by atoms with van der Waals surface area (Å²) in [4.78, 5) is 18.8. The topological polar surface area (TPSA) is 64.2 Å². The highest BCUT2D eigenvalue weighted by atomic mass is 35.5. The molecular formula is C19H21ClN5OS+. The first-order chi connectivity index (χ1) is 13.0. The molecule has 0 aliphatic rings. The standard InChI is InChI=1S/C19H20ClN5OS/c1-24(10-14-3-6-16(27-2)7-4-14)11-19(26)23-17-9-15(20)5-8-18(17)25-13-21-12-22-25/h3-9,12-13H,10-11H2,1-2H3,(H,23,26)/p+1. The summed E-state index contributed by atoms with van der Waals surface area (Å²) in [5, 5.41) is 7.60. The fourth-order valence-corrected chi connectivity index (χ4v) is 3.34. The van der Waals surface area contributed by atoms with Crippen LogP contribution in [0.1, 0.15) is 5.56 Å². The Kier molecular flexibility index (Phi) is 6.49. The maximum absolute atomic E-state index is 12.5. The van der Waals surface area contributed by atoms with Crippen molar-refractivity contribution >= 4 is 35.0 Å². The number of quaternary nitrogens is 1. The first-order valence-electron chi connectivity index (χ1n) is 8.44. The van der Waals surface area contributed by atoms with E-state index in [0.29, 0.717) is 17.3 Å². The van der Waals surface area contributed by atoms with Crippen LogP contribution in [0.3, 0.4) is 0 Å². The summed E-state index contributed by atoms with van der Waals surface area (Å²) in [7, 11) is 2.00. The van der Waals surface area contributed by atoms with Crippen LogP contribution in [-0.2, 0) is 11.3 Å². The lowest BCUT2D eigenvalue weighted by Crippen LogP contribution is -3.08. The van der Waals surface area contributed by atoms with Gasteiger partial charge in [-0.15, -0.1) is 11.8 Å². The number of hydrogen-bond acceptors (Lipinski definition) is 4. The van der Waals surface area contributed by atoms with E-state index in [1.165, 1.54) is 16.8 Å². The van der Waals surface area contributed by atoms with Gasteiger partial charge < -0.3 is 10.2 Å². The summed E-state index contributed by atoms with van der Waals surface area (Å²) >= 11 is 7.81. The molecular weight excluding hydrogens is 382 g/mol. The molecule has 27 heavy (non-hydrogen) atoms. The van der Waals surface area contributed by atoms with Gasteiger partial charge in [0.15, 0.2) is 6.54 Å². The van der Waals surface area contributed by atoms with Crippen LogP contribution in [0.15, 0.2) is 60.0 Å². The number of aromatic nitrogens is 3. The lowest BCUT2D eigenvalue weighted by molar-refractivity contribution is -0.885. The van der Waals surface area contributed by atoms with Gasteiger partial charge in [0.05, 0.1) is 18.4 Å². The summed E-state index contributed by atoms with van der Waals surface area (Å²) in [5.41, 5.74) is 2.52. The third-order valence-electron chi connectivity index (χ3n) is 4.03. The van der Waals surface area contributed by atoms with Crippen molar-refractivity contribution in [3.63, 3.8) is 0 Å². The van der Waals surface area contributed by atoms with Crippen molar-refractivity contribution in [3.8, 4) is 5.69 Å². The van der Waals surface area contributed by atoms with Gasteiger partial charge in [-0.05, 0) is 36.6 Å². The number of benzene rings is 2. The van der Waals surface area contributed by atoms with Gasteiger partial charge in [-0.1, -0.05) is 23.7 Å². The Bertz CT molecular complexity index is 899.